The zero-order chi connectivity index (χ0) is 19.8. The Morgan fingerprint density at radius 2 is 1.73 bits per heavy atom. The number of aromatic nitrogens is 2. The van der Waals surface area contributed by atoms with Gasteiger partial charge in [-0.3, -0.25) is 9.48 Å². The Labute approximate surface area is 183 Å². The number of fused-ring (bicyclic) bond motifs is 1. The van der Waals surface area contributed by atoms with Crippen molar-refractivity contribution in [1.29, 1.82) is 0 Å². The zero-order valence-corrected chi connectivity index (χ0v) is 17.9. The van der Waals surface area contributed by atoms with Crippen LogP contribution in [0.5, 0.6) is 0 Å². The molecule has 1 aromatic heterocycles. The van der Waals surface area contributed by atoms with E-state index in [1.165, 1.54) is 16.7 Å². The van der Waals surface area contributed by atoms with Crippen LogP contribution in [0.1, 0.15) is 34.2 Å². The average Bonchev–Trinajstić information content (AvgIpc) is 3.42. The van der Waals surface area contributed by atoms with Gasteiger partial charge in [0.2, 0.25) is 5.91 Å². The van der Waals surface area contributed by atoms with E-state index >= 15 is 0 Å². The normalized spacial score (nSPS) is 23.0. The Bertz CT molecular complexity index is 1020. The Balaban J connectivity index is 0.00000218. The summed E-state index contributed by atoms with van der Waals surface area (Å²) < 4.78 is 1.82. The average molecular weight is 423 g/mol. The standard InChI is InChI=1S/C24H26N4O.ClH/c1-27-15-20(12-26-27)21-13-25-14-22(21)24(29)28-16-19-10-6-5-9-18(19)11-23(28)17-7-3-2-4-8-17;/h2-10,12,15,21-23,25H,11,13-14,16H2,1H3;1H/t21-,22+,23?;/m1./s1. The van der Waals surface area contributed by atoms with Gasteiger partial charge in [0.25, 0.3) is 0 Å². The van der Waals surface area contributed by atoms with Gasteiger partial charge in [-0.25, -0.2) is 0 Å². The van der Waals surface area contributed by atoms with Crippen molar-refractivity contribution in [3.05, 3.63) is 89.2 Å². The number of benzene rings is 2. The molecule has 0 saturated carbocycles. The third kappa shape index (κ3) is 3.75. The van der Waals surface area contributed by atoms with Crippen LogP contribution >= 0.6 is 12.4 Å². The molecule has 1 saturated heterocycles. The van der Waals surface area contributed by atoms with Gasteiger partial charge >= 0.3 is 0 Å². The molecular weight excluding hydrogens is 396 g/mol. The quantitative estimate of drug-likeness (QED) is 0.703. The molecule has 1 amide bonds. The lowest BCUT2D eigenvalue weighted by atomic mass is 9.85. The van der Waals surface area contributed by atoms with E-state index in [-0.39, 0.29) is 36.2 Å². The lowest BCUT2D eigenvalue weighted by Crippen LogP contribution is -2.43. The van der Waals surface area contributed by atoms with Gasteiger partial charge in [-0.15, -0.1) is 12.4 Å². The minimum atomic E-state index is -0.0596. The molecule has 1 unspecified atom stereocenters. The Morgan fingerprint density at radius 3 is 2.47 bits per heavy atom. The van der Waals surface area contributed by atoms with Crippen molar-refractivity contribution in [2.75, 3.05) is 13.1 Å². The monoisotopic (exact) mass is 422 g/mol. The predicted molar refractivity (Wildman–Crippen MR) is 119 cm³/mol. The van der Waals surface area contributed by atoms with E-state index in [0.29, 0.717) is 6.54 Å². The topological polar surface area (TPSA) is 50.2 Å². The first-order valence-electron chi connectivity index (χ1n) is 10.3. The molecule has 30 heavy (non-hydrogen) atoms. The maximum Gasteiger partial charge on any atom is 0.228 e. The van der Waals surface area contributed by atoms with Gasteiger partial charge in [-0.1, -0.05) is 54.6 Å². The highest BCUT2D eigenvalue weighted by Gasteiger charge is 2.40. The summed E-state index contributed by atoms with van der Waals surface area (Å²) >= 11 is 0. The number of amides is 1. The predicted octanol–water partition coefficient (Wildman–Crippen LogP) is 3.47. The minimum Gasteiger partial charge on any atom is -0.331 e. The van der Waals surface area contributed by atoms with Crippen LogP contribution in [0.15, 0.2) is 67.0 Å². The second-order valence-corrected chi connectivity index (χ2v) is 8.18. The van der Waals surface area contributed by atoms with Gasteiger partial charge in [0.05, 0.1) is 18.2 Å². The summed E-state index contributed by atoms with van der Waals surface area (Å²) in [5.74, 6) is 0.354. The molecule has 1 N–H and O–H groups in total. The number of carbonyl (C=O) groups is 1. The first kappa shape index (κ1) is 20.6. The molecule has 6 heteroatoms. The fourth-order valence-electron chi connectivity index (χ4n) is 4.86. The first-order chi connectivity index (χ1) is 14.2. The van der Waals surface area contributed by atoms with Crippen LogP contribution in [0.2, 0.25) is 0 Å². The van der Waals surface area contributed by atoms with Gasteiger partial charge in [-0.05, 0) is 28.7 Å². The Morgan fingerprint density at radius 1 is 1.00 bits per heavy atom. The Hall–Kier alpha value is -2.63. The first-order valence-corrected chi connectivity index (χ1v) is 10.3. The summed E-state index contributed by atoms with van der Waals surface area (Å²) in [5, 5.41) is 7.76. The molecular formula is C24H27ClN4O. The van der Waals surface area contributed by atoms with E-state index < -0.39 is 0 Å². The molecule has 3 heterocycles. The fraction of sp³-hybridized carbons (Fsp3) is 0.333. The van der Waals surface area contributed by atoms with Gasteiger partial charge in [0.15, 0.2) is 0 Å². The maximum atomic E-state index is 13.8. The van der Waals surface area contributed by atoms with Crippen molar-refractivity contribution < 1.29 is 4.79 Å². The van der Waals surface area contributed by atoms with E-state index in [9.17, 15) is 4.79 Å². The molecule has 0 radical (unpaired) electrons. The zero-order valence-electron chi connectivity index (χ0n) is 17.1. The van der Waals surface area contributed by atoms with Gasteiger partial charge < -0.3 is 10.2 Å². The van der Waals surface area contributed by atoms with Crippen molar-refractivity contribution in [1.82, 2.24) is 20.0 Å². The van der Waals surface area contributed by atoms with Gasteiger partial charge in [0.1, 0.15) is 0 Å². The van der Waals surface area contributed by atoms with Crippen LogP contribution in [0.4, 0.5) is 0 Å². The molecule has 0 aliphatic carbocycles. The van der Waals surface area contributed by atoms with Gasteiger partial charge in [-0.2, -0.15) is 5.10 Å². The number of nitrogens with zero attached hydrogens (tertiary/aromatic N) is 3. The molecule has 156 valence electrons. The third-order valence-corrected chi connectivity index (χ3v) is 6.40. The summed E-state index contributed by atoms with van der Waals surface area (Å²) in [5.41, 5.74) is 4.96. The molecule has 2 aliphatic rings. The molecule has 2 aliphatic heterocycles. The van der Waals surface area contributed by atoms with Crippen molar-refractivity contribution in [3.63, 3.8) is 0 Å². The highest BCUT2D eigenvalue weighted by molar-refractivity contribution is 5.85. The van der Waals surface area contributed by atoms with E-state index in [1.54, 1.807) is 0 Å². The minimum absolute atomic E-state index is 0. The second-order valence-electron chi connectivity index (χ2n) is 8.18. The van der Waals surface area contributed by atoms with Gasteiger partial charge in [0, 0.05) is 38.8 Å². The number of nitrogens with one attached hydrogen (secondary N) is 1. The van der Waals surface area contributed by atoms with Crippen molar-refractivity contribution in [3.8, 4) is 0 Å². The lowest BCUT2D eigenvalue weighted by molar-refractivity contribution is -0.139. The SMILES string of the molecule is Cl.Cn1cc([C@H]2CNC[C@@H]2C(=O)N2Cc3ccccc3CC2c2ccccc2)cn1. The second kappa shape index (κ2) is 8.62. The molecule has 5 nitrogen and oxygen atoms in total. The van der Waals surface area contributed by atoms with Crippen molar-refractivity contribution >= 4 is 18.3 Å². The van der Waals surface area contributed by atoms with Crippen LogP contribution < -0.4 is 5.32 Å². The Kier molecular flexibility index (Phi) is 5.93. The summed E-state index contributed by atoms with van der Waals surface area (Å²) in [6.07, 6.45) is 4.81. The number of hydrogen-bond acceptors (Lipinski definition) is 3. The van der Waals surface area contributed by atoms with Crippen molar-refractivity contribution in [2.45, 2.75) is 24.9 Å². The molecule has 2 aromatic carbocycles. The van der Waals surface area contributed by atoms with Crippen LogP contribution in [-0.4, -0.2) is 33.7 Å². The largest absolute Gasteiger partial charge is 0.331 e. The number of carbonyl (C=O) groups excluding carboxylic acids is 1. The molecule has 5 rings (SSSR count). The number of hydrogen-bond donors (Lipinski definition) is 1. The smallest absolute Gasteiger partial charge is 0.228 e. The van der Waals surface area contributed by atoms with Crippen molar-refractivity contribution in [2.24, 2.45) is 13.0 Å². The van der Waals surface area contributed by atoms with Crippen LogP contribution in [0.3, 0.4) is 0 Å². The van der Waals surface area contributed by atoms with E-state index in [2.05, 4.69) is 63.8 Å². The third-order valence-electron chi connectivity index (χ3n) is 6.40. The highest BCUT2D eigenvalue weighted by Crippen LogP contribution is 2.37. The van der Waals surface area contributed by atoms with E-state index in [4.69, 9.17) is 0 Å². The van der Waals surface area contributed by atoms with Crippen LogP contribution in [0.25, 0.3) is 0 Å². The number of halogens is 1. The van der Waals surface area contributed by atoms with Crippen LogP contribution in [-0.2, 0) is 24.8 Å². The summed E-state index contributed by atoms with van der Waals surface area (Å²) in [6.45, 7) is 2.21. The molecule has 0 spiro atoms. The highest BCUT2D eigenvalue weighted by atomic mass is 35.5. The summed E-state index contributed by atoms with van der Waals surface area (Å²) in [7, 11) is 1.93. The number of rotatable bonds is 3. The molecule has 0 bridgehead atoms. The maximum absolute atomic E-state index is 13.8. The summed E-state index contributed by atoms with van der Waals surface area (Å²) in [6, 6.07) is 19.0. The van der Waals surface area contributed by atoms with Crippen LogP contribution in [0, 0.1) is 5.92 Å². The van der Waals surface area contributed by atoms with E-state index in [0.717, 1.165) is 25.1 Å². The fourth-order valence-corrected chi connectivity index (χ4v) is 4.86. The molecule has 1 fully saturated rings. The lowest BCUT2D eigenvalue weighted by Gasteiger charge is -2.39. The number of aryl methyl sites for hydroxylation is 1. The molecule has 3 atom stereocenters. The van der Waals surface area contributed by atoms with E-state index in [1.807, 2.05) is 30.2 Å². The summed E-state index contributed by atoms with van der Waals surface area (Å²) in [4.78, 5) is 16.0. The molecule has 3 aromatic rings.